The molecule has 3 heteroatoms. The van der Waals surface area contributed by atoms with Gasteiger partial charge in [-0.3, -0.25) is 4.79 Å². The number of carbonyl (C=O) groups excluding carboxylic acids is 1. The maximum Gasteiger partial charge on any atom is 0.307 e. The first-order chi connectivity index (χ1) is 7.08. The number of hydrogen-bond donors (Lipinski definition) is 0. The zero-order chi connectivity index (χ0) is 11.3. The molecule has 0 radical (unpaired) electrons. The molecule has 1 rings (SSSR count). The third-order valence-electron chi connectivity index (χ3n) is 1.98. The van der Waals surface area contributed by atoms with Crippen LogP contribution in [0.25, 0.3) is 0 Å². The van der Waals surface area contributed by atoms with Crippen LogP contribution in [0.2, 0.25) is 0 Å². The molecule has 0 unspecified atom stereocenters. The van der Waals surface area contributed by atoms with Crippen molar-refractivity contribution in [1.82, 2.24) is 0 Å². The average Bonchev–Trinajstić information content (AvgIpc) is 2.14. The standard InChI is InChI=1S/C12H18NO2/c1-10(2)7-12-5-4-6-13(8-12)9-15-11(3)14/h4-6,8,10H,7,9H2,1-3H3/q+1. The Bertz CT molecular complexity index is 334. The van der Waals surface area contributed by atoms with Crippen LogP contribution < -0.4 is 4.57 Å². The predicted molar refractivity (Wildman–Crippen MR) is 56.9 cm³/mol. The minimum absolute atomic E-state index is 0.253. The number of aromatic nitrogens is 1. The van der Waals surface area contributed by atoms with Gasteiger partial charge >= 0.3 is 5.97 Å². The minimum Gasteiger partial charge on any atom is -0.405 e. The fraction of sp³-hybridized carbons (Fsp3) is 0.500. The van der Waals surface area contributed by atoms with Gasteiger partial charge in [-0.15, -0.1) is 0 Å². The second-order valence-corrected chi connectivity index (χ2v) is 4.09. The molecule has 1 heterocycles. The highest BCUT2D eigenvalue weighted by Crippen LogP contribution is 2.04. The Hall–Kier alpha value is -1.38. The van der Waals surface area contributed by atoms with Gasteiger partial charge in [0.05, 0.1) is 0 Å². The van der Waals surface area contributed by atoms with Crippen molar-refractivity contribution in [3.8, 4) is 0 Å². The summed E-state index contributed by atoms with van der Waals surface area (Å²) in [6.45, 7) is 6.08. The lowest BCUT2D eigenvalue weighted by Gasteiger charge is -2.03. The number of carbonyl (C=O) groups is 1. The summed E-state index contributed by atoms with van der Waals surface area (Å²) in [4.78, 5) is 10.6. The predicted octanol–water partition coefficient (Wildman–Crippen LogP) is 1.69. The Morgan fingerprint density at radius 3 is 2.87 bits per heavy atom. The van der Waals surface area contributed by atoms with Gasteiger partial charge < -0.3 is 4.74 Å². The van der Waals surface area contributed by atoms with E-state index in [-0.39, 0.29) is 5.97 Å². The van der Waals surface area contributed by atoms with Crippen LogP contribution in [-0.4, -0.2) is 5.97 Å². The lowest BCUT2D eigenvalue weighted by molar-refractivity contribution is -0.727. The van der Waals surface area contributed by atoms with E-state index in [0.29, 0.717) is 12.6 Å². The van der Waals surface area contributed by atoms with Crippen molar-refractivity contribution in [2.24, 2.45) is 5.92 Å². The first kappa shape index (κ1) is 11.7. The summed E-state index contributed by atoms with van der Waals surface area (Å²) in [7, 11) is 0. The van der Waals surface area contributed by atoms with Gasteiger partial charge in [-0.1, -0.05) is 13.8 Å². The smallest absolute Gasteiger partial charge is 0.307 e. The molecule has 0 aromatic carbocycles. The highest BCUT2D eigenvalue weighted by molar-refractivity contribution is 5.65. The third-order valence-corrected chi connectivity index (χ3v) is 1.98. The monoisotopic (exact) mass is 208 g/mol. The zero-order valence-corrected chi connectivity index (χ0v) is 9.56. The second-order valence-electron chi connectivity index (χ2n) is 4.09. The Morgan fingerprint density at radius 1 is 1.53 bits per heavy atom. The summed E-state index contributed by atoms with van der Waals surface area (Å²) in [5.41, 5.74) is 1.26. The molecular formula is C12H18NO2+. The molecule has 1 aromatic rings. The summed E-state index contributed by atoms with van der Waals surface area (Å²) >= 11 is 0. The van der Waals surface area contributed by atoms with Crippen molar-refractivity contribution in [2.45, 2.75) is 33.9 Å². The van der Waals surface area contributed by atoms with Crippen molar-refractivity contribution in [2.75, 3.05) is 0 Å². The van der Waals surface area contributed by atoms with Crippen molar-refractivity contribution in [3.05, 3.63) is 30.1 Å². The molecule has 0 fully saturated rings. The molecule has 0 amide bonds. The fourth-order valence-electron chi connectivity index (χ4n) is 1.41. The molecule has 0 N–H and O–H groups in total. The maximum atomic E-state index is 10.6. The Kier molecular flexibility index (Phi) is 4.28. The molecule has 0 saturated heterocycles. The van der Waals surface area contributed by atoms with Crippen LogP contribution in [0, 0.1) is 5.92 Å². The second kappa shape index (κ2) is 5.49. The lowest BCUT2D eigenvalue weighted by Crippen LogP contribution is -2.35. The van der Waals surface area contributed by atoms with Crippen LogP contribution in [0.1, 0.15) is 26.3 Å². The largest absolute Gasteiger partial charge is 0.405 e. The molecule has 0 saturated carbocycles. The van der Waals surface area contributed by atoms with E-state index in [1.807, 2.05) is 23.0 Å². The molecule has 3 nitrogen and oxygen atoms in total. The first-order valence-electron chi connectivity index (χ1n) is 5.19. The number of nitrogens with zero attached hydrogens (tertiary/aromatic N) is 1. The van der Waals surface area contributed by atoms with E-state index in [0.717, 1.165) is 6.42 Å². The highest BCUT2D eigenvalue weighted by atomic mass is 16.5. The van der Waals surface area contributed by atoms with Crippen molar-refractivity contribution in [1.29, 1.82) is 0 Å². The van der Waals surface area contributed by atoms with Crippen LogP contribution in [0.3, 0.4) is 0 Å². The molecule has 1 aromatic heterocycles. The Balaban J connectivity index is 2.61. The van der Waals surface area contributed by atoms with Gasteiger partial charge in [0.1, 0.15) is 0 Å². The quantitative estimate of drug-likeness (QED) is 0.557. The normalized spacial score (nSPS) is 10.4. The van der Waals surface area contributed by atoms with Gasteiger partial charge in [-0.2, -0.15) is 4.57 Å². The number of esters is 1. The van der Waals surface area contributed by atoms with Gasteiger partial charge in [0, 0.05) is 18.6 Å². The molecule has 0 aliphatic rings. The maximum absolute atomic E-state index is 10.6. The minimum atomic E-state index is -0.253. The van der Waals surface area contributed by atoms with Crippen LogP contribution >= 0.6 is 0 Å². The van der Waals surface area contributed by atoms with E-state index >= 15 is 0 Å². The van der Waals surface area contributed by atoms with Crippen LogP contribution in [0.5, 0.6) is 0 Å². The molecule has 0 aliphatic carbocycles. The summed E-state index contributed by atoms with van der Waals surface area (Å²) in [6.07, 6.45) is 4.95. The van der Waals surface area contributed by atoms with Gasteiger partial charge in [0.25, 0.3) is 6.73 Å². The van der Waals surface area contributed by atoms with Crippen LogP contribution in [-0.2, 0) is 22.7 Å². The van der Waals surface area contributed by atoms with Crippen molar-refractivity contribution in [3.63, 3.8) is 0 Å². The highest BCUT2D eigenvalue weighted by Gasteiger charge is 2.05. The van der Waals surface area contributed by atoms with Crippen LogP contribution in [0.15, 0.2) is 24.5 Å². The molecule has 82 valence electrons. The van der Waals surface area contributed by atoms with E-state index in [4.69, 9.17) is 4.74 Å². The molecule has 0 atom stereocenters. The van der Waals surface area contributed by atoms with Gasteiger partial charge in [-0.25, -0.2) is 0 Å². The Labute approximate surface area is 90.7 Å². The number of hydrogen-bond acceptors (Lipinski definition) is 2. The summed E-state index contributed by atoms with van der Waals surface area (Å²) in [6, 6.07) is 4.06. The van der Waals surface area contributed by atoms with Gasteiger partial charge in [-0.05, 0) is 18.4 Å². The molecule has 0 bridgehead atoms. The van der Waals surface area contributed by atoms with E-state index in [2.05, 4.69) is 19.9 Å². The van der Waals surface area contributed by atoms with E-state index < -0.39 is 0 Å². The Morgan fingerprint density at radius 2 is 2.27 bits per heavy atom. The lowest BCUT2D eigenvalue weighted by atomic mass is 10.1. The summed E-state index contributed by atoms with van der Waals surface area (Å²) < 4.78 is 6.79. The van der Waals surface area contributed by atoms with Crippen molar-refractivity contribution < 1.29 is 14.1 Å². The van der Waals surface area contributed by atoms with E-state index in [9.17, 15) is 4.79 Å². The van der Waals surface area contributed by atoms with E-state index in [1.54, 1.807) is 0 Å². The van der Waals surface area contributed by atoms with Crippen molar-refractivity contribution >= 4 is 5.97 Å². The average molecular weight is 208 g/mol. The summed E-state index contributed by atoms with van der Waals surface area (Å²) in [5, 5.41) is 0. The fourth-order valence-corrected chi connectivity index (χ4v) is 1.41. The summed E-state index contributed by atoms with van der Waals surface area (Å²) in [5.74, 6) is 0.381. The SMILES string of the molecule is CC(=O)OC[n+]1cccc(CC(C)C)c1. The zero-order valence-electron chi connectivity index (χ0n) is 9.56. The molecule has 15 heavy (non-hydrogen) atoms. The third kappa shape index (κ3) is 4.58. The molecule has 0 spiro atoms. The molecular weight excluding hydrogens is 190 g/mol. The topological polar surface area (TPSA) is 30.2 Å². The van der Waals surface area contributed by atoms with Gasteiger partial charge in [0.2, 0.25) is 0 Å². The first-order valence-corrected chi connectivity index (χ1v) is 5.19. The molecule has 0 aliphatic heterocycles. The number of ether oxygens (including phenoxy) is 1. The van der Waals surface area contributed by atoms with E-state index in [1.165, 1.54) is 12.5 Å². The van der Waals surface area contributed by atoms with Gasteiger partial charge in [0.15, 0.2) is 12.4 Å². The number of rotatable bonds is 4. The van der Waals surface area contributed by atoms with Crippen LogP contribution in [0.4, 0.5) is 0 Å². The number of pyridine rings is 1.